The zero-order valence-electron chi connectivity index (χ0n) is 14.5. The number of nitrogens with one attached hydrogen (secondary N) is 1. The number of rotatable bonds is 5. The van der Waals surface area contributed by atoms with Crippen LogP contribution in [0.3, 0.4) is 0 Å². The summed E-state index contributed by atoms with van der Waals surface area (Å²) < 4.78 is 13.9. The Balaban J connectivity index is 1.53. The smallest absolute Gasteiger partial charge is 0.270 e. The average Bonchev–Trinajstić information content (AvgIpc) is 3.04. The van der Waals surface area contributed by atoms with Gasteiger partial charge in [-0.15, -0.1) is 11.3 Å². The number of hydrogen-bond acceptors (Lipinski definition) is 5. The van der Waals surface area contributed by atoms with Gasteiger partial charge in [0.25, 0.3) is 5.91 Å². The SMILES string of the molecule is CC(C)NC(=O)c1csc(CN2CCN(c3ccccc3F)CC2)n1. The van der Waals surface area contributed by atoms with E-state index in [1.807, 2.05) is 31.4 Å². The van der Waals surface area contributed by atoms with E-state index >= 15 is 0 Å². The lowest BCUT2D eigenvalue weighted by Crippen LogP contribution is -2.46. The zero-order valence-corrected chi connectivity index (χ0v) is 15.4. The van der Waals surface area contributed by atoms with Gasteiger partial charge in [-0.1, -0.05) is 12.1 Å². The summed E-state index contributed by atoms with van der Waals surface area (Å²) in [4.78, 5) is 20.8. The summed E-state index contributed by atoms with van der Waals surface area (Å²) in [5.74, 6) is -0.293. The molecule has 0 spiro atoms. The van der Waals surface area contributed by atoms with E-state index < -0.39 is 0 Å². The highest BCUT2D eigenvalue weighted by atomic mass is 32.1. The van der Waals surface area contributed by atoms with Crippen molar-refractivity contribution in [3.8, 4) is 0 Å². The van der Waals surface area contributed by atoms with E-state index in [1.54, 1.807) is 6.07 Å². The van der Waals surface area contributed by atoms with Gasteiger partial charge in [0, 0.05) is 37.6 Å². The van der Waals surface area contributed by atoms with Gasteiger partial charge >= 0.3 is 0 Å². The Hall–Kier alpha value is -1.99. The number of anilines is 1. The fraction of sp³-hybridized carbons (Fsp3) is 0.444. The molecular formula is C18H23FN4OS. The van der Waals surface area contributed by atoms with E-state index in [2.05, 4.69) is 20.1 Å². The van der Waals surface area contributed by atoms with Crippen LogP contribution in [0.1, 0.15) is 29.3 Å². The Morgan fingerprint density at radius 3 is 2.68 bits per heavy atom. The van der Waals surface area contributed by atoms with Gasteiger partial charge in [-0.3, -0.25) is 9.69 Å². The second-order valence-electron chi connectivity index (χ2n) is 6.47. The second-order valence-corrected chi connectivity index (χ2v) is 7.41. The first-order valence-corrected chi connectivity index (χ1v) is 9.38. The normalized spacial score (nSPS) is 15.6. The second kappa shape index (κ2) is 7.93. The van der Waals surface area contributed by atoms with Gasteiger partial charge in [-0.25, -0.2) is 9.37 Å². The molecule has 0 radical (unpaired) electrons. The molecule has 5 nitrogen and oxygen atoms in total. The lowest BCUT2D eigenvalue weighted by Gasteiger charge is -2.35. The third kappa shape index (κ3) is 4.55. The van der Waals surface area contributed by atoms with Gasteiger partial charge in [-0.2, -0.15) is 0 Å². The minimum absolute atomic E-state index is 0.101. The monoisotopic (exact) mass is 362 g/mol. The number of carbonyl (C=O) groups excluding carboxylic acids is 1. The molecule has 1 aromatic carbocycles. The predicted octanol–water partition coefficient (Wildman–Crippen LogP) is 2.74. The van der Waals surface area contributed by atoms with Crippen molar-refractivity contribution >= 4 is 22.9 Å². The summed E-state index contributed by atoms with van der Waals surface area (Å²) >= 11 is 1.51. The Morgan fingerprint density at radius 2 is 2.00 bits per heavy atom. The number of amides is 1. The van der Waals surface area contributed by atoms with Gasteiger partial charge in [-0.05, 0) is 26.0 Å². The van der Waals surface area contributed by atoms with Crippen LogP contribution in [0.4, 0.5) is 10.1 Å². The molecule has 0 atom stereocenters. The maximum Gasteiger partial charge on any atom is 0.270 e. The first-order chi connectivity index (χ1) is 12.0. The van der Waals surface area contributed by atoms with Crippen molar-refractivity contribution in [1.82, 2.24) is 15.2 Å². The third-order valence-electron chi connectivity index (χ3n) is 4.13. The molecule has 0 bridgehead atoms. The summed E-state index contributed by atoms with van der Waals surface area (Å²) in [5.41, 5.74) is 1.16. The Bertz CT molecular complexity index is 725. The van der Waals surface area contributed by atoms with Crippen molar-refractivity contribution in [2.45, 2.75) is 26.4 Å². The van der Waals surface area contributed by atoms with Gasteiger partial charge < -0.3 is 10.2 Å². The van der Waals surface area contributed by atoms with E-state index in [0.717, 1.165) is 37.7 Å². The van der Waals surface area contributed by atoms with Crippen LogP contribution >= 0.6 is 11.3 Å². The van der Waals surface area contributed by atoms with Crippen LogP contribution in [0, 0.1) is 5.82 Å². The molecule has 2 aromatic rings. The lowest BCUT2D eigenvalue weighted by molar-refractivity contribution is 0.0938. The number of nitrogens with zero attached hydrogens (tertiary/aromatic N) is 3. The maximum absolute atomic E-state index is 13.9. The number of hydrogen-bond donors (Lipinski definition) is 1. The number of carbonyl (C=O) groups is 1. The van der Waals surface area contributed by atoms with Crippen molar-refractivity contribution in [3.05, 3.63) is 46.2 Å². The third-order valence-corrected chi connectivity index (χ3v) is 4.96. The molecule has 134 valence electrons. The number of halogens is 1. The maximum atomic E-state index is 13.9. The molecule has 0 saturated carbocycles. The van der Waals surface area contributed by atoms with Crippen molar-refractivity contribution in [2.75, 3.05) is 31.1 Å². The molecule has 1 amide bonds. The summed E-state index contributed by atoms with van der Waals surface area (Å²) in [5, 5.41) is 5.60. The molecule has 1 aliphatic heterocycles. The lowest BCUT2D eigenvalue weighted by atomic mass is 10.2. The minimum Gasteiger partial charge on any atom is -0.367 e. The van der Waals surface area contributed by atoms with Crippen LogP contribution in [0.2, 0.25) is 0 Å². The number of piperazine rings is 1. The molecule has 1 aliphatic rings. The van der Waals surface area contributed by atoms with Crippen LogP contribution in [-0.4, -0.2) is 48.0 Å². The molecule has 1 N–H and O–H groups in total. The van der Waals surface area contributed by atoms with Crippen LogP contribution in [0.25, 0.3) is 0 Å². The number of aromatic nitrogens is 1. The topological polar surface area (TPSA) is 48.5 Å². The first kappa shape index (κ1) is 17.8. The van der Waals surface area contributed by atoms with Crippen molar-refractivity contribution < 1.29 is 9.18 Å². The molecule has 2 heterocycles. The summed E-state index contributed by atoms with van der Waals surface area (Å²) in [6.45, 7) is 7.86. The van der Waals surface area contributed by atoms with Crippen LogP contribution in [0.15, 0.2) is 29.6 Å². The molecule has 1 fully saturated rings. The fourth-order valence-corrected chi connectivity index (χ4v) is 3.69. The molecule has 3 rings (SSSR count). The summed E-state index contributed by atoms with van der Waals surface area (Å²) in [6.07, 6.45) is 0. The largest absolute Gasteiger partial charge is 0.367 e. The summed E-state index contributed by atoms with van der Waals surface area (Å²) in [6, 6.07) is 7.00. The number of benzene rings is 1. The van der Waals surface area contributed by atoms with Gasteiger partial charge in [0.05, 0.1) is 12.2 Å². The van der Waals surface area contributed by atoms with Gasteiger partial charge in [0.15, 0.2) is 0 Å². The number of para-hydroxylation sites is 1. The quantitative estimate of drug-likeness (QED) is 0.889. The molecular weight excluding hydrogens is 339 g/mol. The Labute approximate surface area is 151 Å². The van der Waals surface area contributed by atoms with E-state index in [0.29, 0.717) is 11.4 Å². The van der Waals surface area contributed by atoms with Crippen molar-refractivity contribution in [1.29, 1.82) is 0 Å². The fourth-order valence-electron chi connectivity index (χ4n) is 2.87. The van der Waals surface area contributed by atoms with Crippen LogP contribution < -0.4 is 10.2 Å². The van der Waals surface area contributed by atoms with E-state index in [-0.39, 0.29) is 17.8 Å². The van der Waals surface area contributed by atoms with Crippen molar-refractivity contribution in [2.24, 2.45) is 0 Å². The average molecular weight is 362 g/mol. The van der Waals surface area contributed by atoms with Gasteiger partial charge in [0.1, 0.15) is 16.5 Å². The Morgan fingerprint density at radius 1 is 1.28 bits per heavy atom. The molecule has 0 aliphatic carbocycles. The Kier molecular flexibility index (Phi) is 5.65. The van der Waals surface area contributed by atoms with E-state index in [9.17, 15) is 9.18 Å². The van der Waals surface area contributed by atoms with E-state index in [4.69, 9.17) is 0 Å². The summed E-state index contributed by atoms with van der Waals surface area (Å²) in [7, 11) is 0. The van der Waals surface area contributed by atoms with Crippen molar-refractivity contribution in [3.63, 3.8) is 0 Å². The highest BCUT2D eigenvalue weighted by molar-refractivity contribution is 7.09. The molecule has 1 aromatic heterocycles. The molecule has 0 unspecified atom stereocenters. The molecule has 7 heteroatoms. The first-order valence-electron chi connectivity index (χ1n) is 8.50. The van der Waals surface area contributed by atoms with Gasteiger partial charge in [0.2, 0.25) is 0 Å². The predicted molar refractivity (Wildman–Crippen MR) is 98.6 cm³/mol. The van der Waals surface area contributed by atoms with Crippen LogP contribution in [-0.2, 0) is 6.54 Å². The molecule has 1 saturated heterocycles. The zero-order chi connectivity index (χ0) is 17.8. The minimum atomic E-state index is -0.170. The molecule has 25 heavy (non-hydrogen) atoms. The standard InChI is InChI=1S/C18H23FN4OS/c1-13(2)20-18(24)15-12-25-17(21-15)11-22-7-9-23(10-8-22)16-6-4-3-5-14(16)19/h3-6,12-13H,7-11H2,1-2H3,(H,20,24). The van der Waals surface area contributed by atoms with Crippen LogP contribution in [0.5, 0.6) is 0 Å². The van der Waals surface area contributed by atoms with E-state index in [1.165, 1.54) is 17.4 Å². The highest BCUT2D eigenvalue weighted by Gasteiger charge is 2.20. The number of thiazole rings is 1. The highest BCUT2D eigenvalue weighted by Crippen LogP contribution is 2.21.